The molecular formula is C13H19Br2NO2S2. The number of sulfonamides is 1. The number of halogens is 2. The normalized spacial score (nSPS) is 27.7. The molecule has 0 aliphatic heterocycles. The van der Waals surface area contributed by atoms with Crippen LogP contribution in [0.15, 0.2) is 14.7 Å². The molecule has 1 aliphatic carbocycles. The van der Waals surface area contributed by atoms with Crippen LogP contribution in [0.25, 0.3) is 0 Å². The summed E-state index contributed by atoms with van der Waals surface area (Å²) in [6.07, 6.45) is 3.92. The van der Waals surface area contributed by atoms with Gasteiger partial charge in [-0.25, -0.2) is 13.1 Å². The van der Waals surface area contributed by atoms with Crippen molar-refractivity contribution in [2.75, 3.05) is 5.33 Å². The van der Waals surface area contributed by atoms with Gasteiger partial charge in [0, 0.05) is 15.7 Å². The Labute approximate surface area is 141 Å². The van der Waals surface area contributed by atoms with Gasteiger partial charge in [-0.1, -0.05) is 22.9 Å². The first kappa shape index (κ1) is 16.9. The van der Waals surface area contributed by atoms with Crippen LogP contribution in [-0.4, -0.2) is 19.3 Å². The van der Waals surface area contributed by atoms with Crippen molar-refractivity contribution in [2.45, 2.75) is 50.0 Å². The van der Waals surface area contributed by atoms with E-state index in [4.69, 9.17) is 0 Å². The van der Waals surface area contributed by atoms with E-state index in [2.05, 4.69) is 43.5 Å². The molecule has 1 fully saturated rings. The summed E-state index contributed by atoms with van der Waals surface area (Å²) in [6, 6.07) is 1.69. The second-order valence-electron chi connectivity index (χ2n) is 5.67. The summed E-state index contributed by atoms with van der Waals surface area (Å²) in [6.45, 7) is 4.07. The lowest BCUT2D eigenvalue weighted by molar-refractivity contribution is 0.250. The van der Waals surface area contributed by atoms with Crippen molar-refractivity contribution >= 4 is 53.2 Å². The Balaban J connectivity index is 2.24. The second-order valence-corrected chi connectivity index (χ2v) is 10.5. The Morgan fingerprint density at radius 3 is 2.50 bits per heavy atom. The fourth-order valence-corrected chi connectivity index (χ4v) is 7.38. The first-order valence-corrected chi connectivity index (χ1v) is 10.9. The molecule has 0 amide bonds. The summed E-state index contributed by atoms with van der Waals surface area (Å²) >= 11 is 8.31. The Bertz CT molecular complexity index is 575. The van der Waals surface area contributed by atoms with Crippen LogP contribution in [0.2, 0.25) is 0 Å². The molecule has 0 saturated heterocycles. The van der Waals surface area contributed by atoms with Crippen LogP contribution < -0.4 is 4.72 Å². The van der Waals surface area contributed by atoms with Crippen LogP contribution in [-0.2, 0) is 10.0 Å². The van der Waals surface area contributed by atoms with Gasteiger partial charge in [0.1, 0.15) is 0 Å². The van der Waals surface area contributed by atoms with Crippen LogP contribution in [0, 0.1) is 12.8 Å². The number of thiophene rings is 1. The Hall–Kier alpha value is 0.570. The van der Waals surface area contributed by atoms with Gasteiger partial charge in [0.05, 0.1) is 8.68 Å². The van der Waals surface area contributed by atoms with Crippen molar-refractivity contribution in [2.24, 2.45) is 5.92 Å². The summed E-state index contributed by atoms with van der Waals surface area (Å²) in [5, 5.41) is 0.663. The number of hydrogen-bond acceptors (Lipinski definition) is 3. The van der Waals surface area contributed by atoms with E-state index >= 15 is 0 Å². The van der Waals surface area contributed by atoms with E-state index in [1.807, 2.05) is 6.92 Å². The van der Waals surface area contributed by atoms with E-state index in [9.17, 15) is 8.42 Å². The number of rotatable bonds is 4. The van der Waals surface area contributed by atoms with Gasteiger partial charge in [-0.2, -0.15) is 0 Å². The fourth-order valence-electron chi connectivity index (χ4n) is 2.62. The highest BCUT2D eigenvalue weighted by Crippen LogP contribution is 2.36. The third kappa shape index (κ3) is 3.66. The van der Waals surface area contributed by atoms with Gasteiger partial charge in [-0.05, 0) is 60.5 Å². The van der Waals surface area contributed by atoms with Crippen molar-refractivity contribution < 1.29 is 8.42 Å². The molecule has 0 bridgehead atoms. The molecule has 1 aromatic heterocycles. The van der Waals surface area contributed by atoms with Crippen LogP contribution in [0.4, 0.5) is 0 Å². The van der Waals surface area contributed by atoms with E-state index in [1.54, 1.807) is 6.07 Å². The molecule has 0 spiro atoms. The predicted octanol–water partition coefficient (Wildman–Crippen LogP) is 4.44. The highest BCUT2D eigenvalue weighted by atomic mass is 79.9. The minimum Gasteiger partial charge on any atom is -0.207 e. The third-order valence-corrected chi connectivity index (χ3v) is 8.43. The molecule has 1 N–H and O–H groups in total. The van der Waals surface area contributed by atoms with Crippen molar-refractivity contribution in [3.05, 3.63) is 14.7 Å². The summed E-state index contributed by atoms with van der Waals surface area (Å²) in [7, 11) is -3.46. The maximum atomic E-state index is 12.6. The smallest absolute Gasteiger partial charge is 0.207 e. The Morgan fingerprint density at radius 1 is 1.45 bits per heavy atom. The van der Waals surface area contributed by atoms with E-state index in [-0.39, 0.29) is 5.54 Å². The van der Waals surface area contributed by atoms with E-state index in [0.29, 0.717) is 16.1 Å². The monoisotopic (exact) mass is 443 g/mol. The SMILES string of the molecule is Cc1sc(Br)cc1S(=O)(=O)NC1(CBr)CCC(C)CC1. The molecule has 114 valence electrons. The number of hydrogen-bond donors (Lipinski definition) is 1. The van der Waals surface area contributed by atoms with Gasteiger partial charge in [-0.3, -0.25) is 0 Å². The lowest BCUT2D eigenvalue weighted by Crippen LogP contribution is -2.51. The van der Waals surface area contributed by atoms with Gasteiger partial charge in [-0.15, -0.1) is 11.3 Å². The summed E-state index contributed by atoms with van der Waals surface area (Å²) in [5.74, 6) is 0.684. The van der Waals surface area contributed by atoms with Crippen molar-refractivity contribution in [3.63, 3.8) is 0 Å². The van der Waals surface area contributed by atoms with Crippen LogP contribution >= 0.6 is 43.2 Å². The summed E-state index contributed by atoms with van der Waals surface area (Å²) < 4.78 is 29.1. The standard InChI is InChI=1S/C13H19Br2NO2S2/c1-9-3-5-13(8-14,6-4-9)16-20(17,18)11-7-12(15)19-10(11)2/h7,9,16H,3-6,8H2,1-2H3. The lowest BCUT2D eigenvalue weighted by atomic mass is 9.79. The lowest BCUT2D eigenvalue weighted by Gasteiger charge is -2.38. The molecule has 1 aliphatic rings. The van der Waals surface area contributed by atoms with Crippen LogP contribution in [0.3, 0.4) is 0 Å². The van der Waals surface area contributed by atoms with Crippen molar-refractivity contribution in [1.82, 2.24) is 4.72 Å². The number of alkyl halides is 1. The molecule has 1 aromatic rings. The zero-order valence-corrected chi connectivity index (χ0v) is 16.4. The Kier molecular flexibility index (Phi) is 5.39. The maximum absolute atomic E-state index is 12.6. The molecular weight excluding hydrogens is 426 g/mol. The molecule has 0 atom stereocenters. The highest BCUT2D eigenvalue weighted by molar-refractivity contribution is 9.11. The maximum Gasteiger partial charge on any atom is 0.242 e. The molecule has 3 nitrogen and oxygen atoms in total. The van der Waals surface area contributed by atoms with Gasteiger partial charge >= 0.3 is 0 Å². The number of aryl methyl sites for hydroxylation is 1. The van der Waals surface area contributed by atoms with Gasteiger partial charge < -0.3 is 0 Å². The first-order valence-electron chi connectivity index (χ1n) is 6.64. The molecule has 1 heterocycles. The van der Waals surface area contributed by atoms with Crippen molar-refractivity contribution in [1.29, 1.82) is 0 Å². The fraction of sp³-hybridized carbons (Fsp3) is 0.692. The topological polar surface area (TPSA) is 46.2 Å². The molecule has 2 rings (SSSR count). The minimum absolute atomic E-state index is 0.341. The quantitative estimate of drug-likeness (QED) is 0.697. The zero-order valence-electron chi connectivity index (χ0n) is 11.6. The van der Waals surface area contributed by atoms with E-state index in [0.717, 1.165) is 34.3 Å². The van der Waals surface area contributed by atoms with Crippen molar-refractivity contribution in [3.8, 4) is 0 Å². The van der Waals surface area contributed by atoms with Gasteiger partial charge in [0.2, 0.25) is 10.0 Å². The summed E-state index contributed by atoms with van der Waals surface area (Å²) in [4.78, 5) is 1.21. The molecule has 7 heteroatoms. The molecule has 0 radical (unpaired) electrons. The molecule has 1 saturated carbocycles. The largest absolute Gasteiger partial charge is 0.242 e. The highest BCUT2D eigenvalue weighted by Gasteiger charge is 2.37. The Morgan fingerprint density at radius 2 is 2.05 bits per heavy atom. The molecule has 0 aromatic carbocycles. The number of nitrogens with one attached hydrogen (secondary N) is 1. The van der Waals surface area contributed by atoms with Gasteiger partial charge in [0.15, 0.2) is 0 Å². The van der Waals surface area contributed by atoms with Crippen LogP contribution in [0.1, 0.15) is 37.5 Å². The average Bonchev–Trinajstić information content (AvgIpc) is 2.72. The third-order valence-electron chi connectivity index (χ3n) is 3.97. The zero-order chi connectivity index (χ0) is 15.0. The van der Waals surface area contributed by atoms with E-state index in [1.165, 1.54) is 11.3 Å². The second kappa shape index (κ2) is 6.36. The van der Waals surface area contributed by atoms with Gasteiger partial charge in [0.25, 0.3) is 0 Å². The van der Waals surface area contributed by atoms with E-state index < -0.39 is 10.0 Å². The molecule has 20 heavy (non-hydrogen) atoms. The van der Waals surface area contributed by atoms with Crippen LogP contribution in [0.5, 0.6) is 0 Å². The predicted molar refractivity (Wildman–Crippen MR) is 91.2 cm³/mol. The summed E-state index contributed by atoms with van der Waals surface area (Å²) in [5.41, 5.74) is -0.341. The molecule has 0 unspecified atom stereocenters. The first-order chi connectivity index (χ1) is 9.28. The average molecular weight is 445 g/mol. The minimum atomic E-state index is -3.46.